The minimum absolute atomic E-state index is 0.267. The molecule has 0 aliphatic rings. The molecule has 0 saturated heterocycles. The Bertz CT molecular complexity index is 496. The van der Waals surface area contributed by atoms with Crippen molar-refractivity contribution in [1.29, 1.82) is 0 Å². The molecule has 16 heavy (non-hydrogen) atoms. The molecule has 2 aromatic rings. The summed E-state index contributed by atoms with van der Waals surface area (Å²) in [6, 6.07) is 4.75. The van der Waals surface area contributed by atoms with Crippen LogP contribution in [0.1, 0.15) is 10.7 Å². The number of nitrogens with two attached hydrogens (primary N) is 1. The predicted molar refractivity (Wildman–Crippen MR) is 67.2 cm³/mol. The van der Waals surface area contributed by atoms with E-state index in [9.17, 15) is 4.39 Å². The quantitative estimate of drug-likeness (QED) is 0.673. The van der Waals surface area contributed by atoms with Crippen LogP contribution in [0.3, 0.4) is 0 Å². The molecule has 84 valence electrons. The van der Waals surface area contributed by atoms with Gasteiger partial charge in [0, 0.05) is 21.7 Å². The molecule has 0 aliphatic carbocycles. The molecule has 0 saturated carbocycles. The summed E-state index contributed by atoms with van der Waals surface area (Å²) in [5.74, 6) is 0.419. The Hall–Kier alpha value is -1.07. The fraction of sp³-hybridized carbons (Fsp3) is 0.182. The van der Waals surface area contributed by atoms with Gasteiger partial charge in [-0.3, -0.25) is 0 Å². The van der Waals surface area contributed by atoms with Crippen molar-refractivity contribution in [1.82, 2.24) is 4.98 Å². The summed E-state index contributed by atoms with van der Waals surface area (Å²) in [6.45, 7) is 1.96. The van der Waals surface area contributed by atoms with E-state index in [0.717, 1.165) is 10.7 Å². The second-order valence-electron chi connectivity index (χ2n) is 3.34. The average Bonchev–Trinajstić information content (AvgIpc) is 2.63. The highest BCUT2D eigenvalue weighted by atomic mass is 32.2. The first-order chi connectivity index (χ1) is 7.65. The summed E-state index contributed by atoms with van der Waals surface area (Å²) in [5, 5.41) is 3.03. The number of aromatic nitrogens is 1. The van der Waals surface area contributed by atoms with Gasteiger partial charge in [0.05, 0.1) is 10.7 Å². The highest BCUT2D eigenvalue weighted by Gasteiger charge is 2.05. The second-order valence-corrected chi connectivity index (χ2v) is 5.42. The maximum atomic E-state index is 13.4. The predicted octanol–water partition coefficient (Wildman–Crippen LogP) is 3.47. The van der Waals surface area contributed by atoms with E-state index in [4.69, 9.17) is 5.73 Å². The molecule has 2 nitrogen and oxygen atoms in total. The van der Waals surface area contributed by atoms with Crippen LogP contribution in [0.2, 0.25) is 0 Å². The van der Waals surface area contributed by atoms with Crippen LogP contribution in [0.25, 0.3) is 0 Å². The van der Waals surface area contributed by atoms with Gasteiger partial charge in [-0.1, -0.05) is 0 Å². The molecular formula is C11H11FN2S2. The van der Waals surface area contributed by atoms with Crippen molar-refractivity contribution in [3.63, 3.8) is 0 Å². The van der Waals surface area contributed by atoms with Gasteiger partial charge in [-0.25, -0.2) is 9.37 Å². The molecule has 1 aromatic carbocycles. The number of anilines is 1. The standard InChI is InChI=1S/C11H11FN2S2/c1-7-14-9(5-15-7)6-16-11-3-2-8(13)4-10(11)12/h2-5H,6,13H2,1H3. The van der Waals surface area contributed by atoms with Gasteiger partial charge in [-0.15, -0.1) is 23.1 Å². The van der Waals surface area contributed by atoms with Crippen molar-refractivity contribution in [2.24, 2.45) is 0 Å². The molecule has 0 amide bonds. The van der Waals surface area contributed by atoms with Gasteiger partial charge in [0.25, 0.3) is 0 Å². The van der Waals surface area contributed by atoms with Crippen LogP contribution in [0.4, 0.5) is 10.1 Å². The Labute approximate surface area is 102 Å². The largest absolute Gasteiger partial charge is 0.399 e. The van der Waals surface area contributed by atoms with Crippen LogP contribution in [0, 0.1) is 12.7 Å². The van der Waals surface area contributed by atoms with Crippen LogP contribution in [-0.2, 0) is 5.75 Å². The Balaban J connectivity index is 2.04. The van der Waals surface area contributed by atoms with Crippen molar-refractivity contribution in [2.75, 3.05) is 5.73 Å². The van der Waals surface area contributed by atoms with E-state index in [-0.39, 0.29) is 5.82 Å². The molecule has 0 unspecified atom stereocenters. The summed E-state index contributed by atoms with van der Waals surface area (Å²) in [5.41, 5.74) is 6.92. The van der Waals surface area contributed by atoms with Gasteiger partial charge in [-0.2, -0.15) is 0 Å². The van der Waals surface area contributed by atoms with Gasteiger partial charge >= 0.3 is 0 Å². The van der Waals surface area contributed by atoms with Crippen molar-refractivity contribution in [3.8, 4) is 0 Å². The van der Waals surface area contributed by atoms with Crippen LogP contribution >= 0.6 is 23.1 Å². The number of nitrogen functional groups attached to an aromatic ring is 1. The van der Waals surface area contributed by atoms with Gasteiger partial charge in [0.2, 0.25) is 0 Å². The first kappa shape index (κ1) is 11.4. The zero-order chi connectivity index (χ0) is 11.5. The molecule has 0 atom stereocenters. The monoisotopic (exact) mass is 254 g/mol. The number of hydrogen-bond donors (Lipinski definition) is 1. The van der Waals surface area contributed by atoms with Crippen LogP contribution < -0.4 is 5.73 Å². The lowest BCUT2D eigenvalue weighted by Gasteiger charge is -2.02. The highest BCUT2D eigenvalue weighted by molar-refractivity contribution is 7.98. The van der Waals surface area contributed by atoms with E-state index in [1.807, 2.05) is 12.3 Å². The molecule has 0 spiro atoms. The fourth-order valence-electron chi connectivity index (χ4n) is 1.26. The lowest BCUT2D eigenvalue weighted by molar-refractivity contribution is 0.602. The van der Waals surface area contributed by atoms with Crippen molar-refractivity contribution in [2.45, 2.75) is 17.6 Å². The molecule has 2 rings (SSSR count). The number of nitrogens with zero attached hydrogens (tertiary/aromatic N) is 1. The van der Waals surface area contributed by atoms with E-state index in [0.29, 0.717) is 16.3 Å². The second kappa shape index (κ2) is 4.84. The van der Waals surface area contributed by atoms with Crippen molar-refractivity contribution < 1.29 is 4.39 Å². The molecule has 0 aliphatic heterocycles. The Morgan fingerprint density at radius 2 is 2.31 bits per heavy atom. The summed E-state index contributed by atoms with van der Waals surface area (Å²) < 4.78 is 13.4. The normalized spacial score (nSPS) is 10.6. The van der Waals surface area contributed by atoms with Gasteiger partial charge in [0.15, 0.2) is 0 Å². The number of benzene rings is 1. The lowest BCUT2D eigenvalue weighted by atomic mass is 10.3. The number of hydrogen-bond acceptors (Lipinski definition) is 4. The summed E-state index contributed by atoms with van der Waals surface area (Å²) in [4.78, 5) is 4.93. The highest BCUT2D eigenvalue weighted by Crippen LogP contribution is 2.27. The lowest BCUT2D eigenvalue weighted by Crippen LogP contribution is -1.88. The van der Waals surface area contributed by atoms with Crippen LogP contribution in [0.15, 0.2) is 28.5 Å². The maximum absolute atomic E-state index is 13.4. The first-order valence-corrected chi connectivity index (χ1v) is 6.60. The van der Waals surface area contributed by atoms with Crippen molar-refractivity contribution >= 4 is 28.8 Å². The molecule has 0 bridgehead atoms. The molecule has 2 N–H and O–H groups in total. The number of thioether (sulfide) groups is 1. The number of aryl methyl sites for hydroxylation is 1. The third-order valence-corrected chi connectivity index (χ3v) is 3.90. The van der Waals surface area contributed by atoms with E-state index in [2.05, 4.69) is 4.98 Å². The molecule has 0 radical (unpaired) electrons. The SMILES string of the molecule is Cc1nc(CSc2ccc(N)cc2F)cs1. The number of halogens is 1. The summed E-state index contributed by atoms with van der Waals surface area (Å²) in [6.07, 6.45) is 0. The maximum Gasteiger partial charge on any atom is 0.138 e. The van der Waals surface area contributed by atoms with Gasteiger partial charge in [0.1, 0.15) is 5.82 Å². The molecule has 0 fully saturated rings. The fourth-order valence-corrected chi connectivity index (χ4v) is 2.79. The number of rotatable bonds is 3. The molecule has 1 heterocycles. The van der Waals surface area contributed by atoms with E-state index < -0.39 is 0 Å². The zero-order valence-electron chi connectivity index (χ0n) is 8.74. The van der Waals surface area contributed by atoms with Crippen LogP contribution in [0.5, 0.6) is 0 Å². The summed E-state index contributed by atoms with van der Waals surface area (Å²) >= 11 is 3.04. The third-order valence-electron chi connectivity index (χ3n) is 2.00. The zero-order valence-corrected chi connectivity index (χ0v) is 10.4. The topological polar surface area (TPSA) is 38.9 Å². The molecular weight excluding hydrogens is 243 g/mol. The Kier molecular flexibility index (Phi) is 3.46. The smallest absolute Gasteiger partial charge is 0.138 e. The first-order valence-electron chi connectivity index (χ1n) is 4.74. The average molecular weight is 254 g/mol. The third kappa shape index (κ3) is 2.74. The van der Waals surface area contributed by atoms with E-state index in [1.54, 1.807) is 23.5 Å². The minimum atomic E-state index is -0.267. The van der Waals surface area contributed by atoms with Crippen molar-refractivity contribution in [3.05, 3.63) is 40.1 Å². The van der Waals surface area contributed by atoms with Crippen LogP contribution in [-0.4, -0.2) is 4.98 Å². The molecule has 1 aromatic heterocycles. The number of thiazole rings is 1. The van der Waals surface area contributed by atoms with Gasteiger partial charge in [-0.05, 0) is 25.1 Å². The van der Waals surface area contributed by atoms with E-state index in [1.165, 1.54) is 17.8 Å². The van der Waals surface area contributed by atoms with Gasteiger partial charge < -0.3 is 5.73 Å². The van der Waals surface area contributed by atoms with E-state index >= 15 is 0 Å². The minimum Gasteiger partial charge on any atom is -0.399 e. The Morgan fingerprint density at radius 3 is 2.94 bits per heavy atom. The molecule has 5 heteroatoms. The summed E-state index contributed by atoms with van der Waals surface area (Å²) in [7, 11) is 0. The Morgan fingerprint density at radius 1 is 1.50 bits per heavy atom.